The zero-order valence-electron chi connectivity index (χ0n) is 25.3. The molecule has 0 aliphatic carbocycles. The molecule has 0 radical (unpaired) electrons. The number of allylic oxidation sites excluding steroid dienone is 1. The molecular formula is C36H33N3O4S. The van der Waals surface area contributed by atoms with Crippen LogP contribution in [0.2, 0.25) is 0 Å². The number of hydrogen-bond donors (Lipinski definition) is 0. The van der Waals surface area contributed by atoms with E-state index >= 15 is 0 Å². The number of esters is 1. The first-order valence-corrected chi connectivity index (χ1v) is 15.3. The van der Waals surface area contributed by atoms with Crippen molar-refractivity contribution in [3.8, 4) is 22.6 Å². The smallest absolute Gasteiger partial charge is 0.338 e. The highest BCUT2D eigenvalue weighted by molar-refractivity contribution is 7.07. The topological polar surface area (TPSA) is 74.8 Å². The molecule has 44 heavy (non-hydrogen) atoms. The number of carbonyl (C=O) groups is 1. The van der Waals surface area contributed by atoms with Gasteiger partial charge in [-0.15, -0.1) is 0 Å². The van der Waals surface area contributed by atoms with Crippen LogP contribution in [0.5, 0.6) is 5.75 Å². The largest absolute Gasteiger partial charge is 0.496 e. The Morgan fingerprint density at radius 1 is 0.955 bits per heavy atom. The van der Waals surface area contributed by atoms with Gasteiger partial charge in [-0.2, -0.15) is 0 Å². The Bertz CT molecular complexity index is 2080. The van der Waals surface area contributed by atoms with Gasteiger partial charge in [0.15, 0.2) is 4.80 Å². The summed E-state index contributed by atoms with van der Waals surface area (Å²) in [5.74, 6) is 0.0752. The molecule has 222 valence electrons. The maximum atomic E-state index is 14.1. The number of fused-ring (bicyclic) bond motifs is 1. The number of methoxy groups -OCH3 is 1. The van der Waals surface area contributed by atoms with E-state index in [9.17, 15) is 9.59 Å². The van der Waals surface area contributed by atoms with Crippen molar-refractivity contribution in [3.05, 3.63) is 138 Å². The normalized spacial score (nSPS) is 14.8. The van der Waals surface area contributed by atoms with Crippen LogP contribution in [0.4, 0.5) is 0 Å². The van der Waals surface area contributed by atoms with E-state index in [4.69, 9.17) is 14.5 Å². The molecule has 3 aromatic carbocycles. The van der Waals surface area contributed by atoms with Crippen LogP contribution in [0.1, 0.15) is 42.4 Å². The molecule has 3 heterocycles. The molecule has 0 saturated carbocycles. The molecule has 2 aromatic heterocycles. The van der Waals surface area contributed by atoms with Crippen molar-refractivity contribution < 1.29 is 14.3 Å². The Kier molecular flexibility index (Phi) is 7.93. The molecule has 0 bridgehead atoms. The summed E-state index contributed by atoms with van der Waals surface area (Å²) < 4.78 is 15.4. The van der Waals surface area contributed by atoms with Gasteiger partial charge < -0.3 is 14.0 Å². The third kappa shape index (κ3) is 5.11. The number of aromatic nitrogens is 2. The minimum absolute atomic E-state index is 0.212. The van der Waals surface area contributed by atoms with E-state index in [0.29, 0.717) is 31.9 Å². The first kappa shape index (κ1) is 29.1. The zero-order valence-corrected chi connectivity index (χ0v) is 26.1. The molecule has 0 fully saturated rings. The van der Waals surface area contributed by atoms with Crippen LogP contribution < -0.4 is 19.6 Å². The monoisotopic (exact) mass is 603 g/mol. The molecule has 0 unspecified atom stereocenters. The molecule has 7 nitrogen and oxygen atoms in total. The molecule has 1 aliphatic heterocycles. The van der Waals surface area contributed by atoms with E-state index in [-0.39, 0.29) is 12.2 Å². The van der Waals surface area contributed by atoms with Gasteiger partial charge in [-0.25, -0.2) is 9.79 Å². The first-order valence-electron chi connectivity index (χ1n) is 14.5. The van der Waals surface area contributed by atoms with Gasteiger partial charge in [-0.1, -0.05) is 72.0 Å². The number of carbonyl (C=O) groups excluding carboxylic acids is 1. The number of aryl methyl sites for hydroxylation is 1. The number of rotatable bonds is 7. The van der Waals surface area contributed by atoms with Crippen LogP contribution in [0.15, 0.2) is 106 Å². The average molecular weight is 604 g/mol. The maximum absolute atomic E-state index is 14.1. The molecular weight excluding hydrogens is 570 g/mol. The summed E-state index contributed by atoms with van der Waals surface area (Å²) in [7, 11) is 1.58. The number of hydrogen-bond acceptors (Lipinski definition) is 6. The van der Waals surface area contributed by atoms with E-state index in [2.05, 4.69) is 60.9 Å². The van der Waals surface area contributed by atoms with Crippen LogP contribution in [0.25, 0.3) is 22.9 Å². The van der Waals surface area contributed by atoms with Gasteiger partial charge in [0, 0.05) is 22.6 Å². The lowest BCUT2D eigenvalue weighted by molar-refractivity contribution is -0.139. The highest BCUT2D eigenvalue weighted by atomic mass is 32.1. The highest BCUT2D eigenvalue weighted by Crippen LogP contribution is 2.35. The van der Waals surface area contributed by atoms with Crippen molar-refractivity contribution in [1.82, 2.24) is 9.13 Å². The van der Waals surface area contributed by atoms with Crippen LogP contribution in [0.3, 0.4) is 0 Å². The minimum Gasteiger partial charge on any atom is -0.496 e. The molecule has 0 N–H and O–H groups in total. The average Bonchev–Trinajstić information content (AvgIpc) is 3.50. The molecule has 1 atom stereocenters. The number of ether oxygens (including phenoxy) is 2. The van der Waals surface area contributed by atoms with Gasteiger partial charge >= 0.3 is 5.97 Å². The maximum Gasteiger partial charge on any atom is 0.338 e. The van der Waals surface area contributed by atoms with Crippen molar-refractivity contribution in [2.45, 2.75) is 33.7 Å². The first-order chi connectivity index (χ1) is 21.3. The quantitative estimate of drug-likeness (QED) is 0.218. The van der Waals surface area contributed by atoms with Crippen LogP contribution in [-0.4, -0.2) is 28.8 Å². The van der Waals surface area contributed by atoms with Crippen molar-refractivity contribution in [2.75, 3.05) is 13.7 Å². The van der Waals surface area contributed by atoms with Crippen LogP contribution in [-0.2, 0) is 9.53 Å². The van der Waals surface area contributed by atoms with E-state index in [0.717, 1.165) is 28.2 Å². The van der Waals surface area contributed by atoms with Gasteiger partial charge in [0.05, 0.1) is 29.5 Å². The fourth-order valence-corrected chi connectivity index (χ4v) is 6.92. The lowest BCUT2D eigenvalue weighted by Gasteiger charge is -2.25. The van der Waals surface area contributed by atoms with Crippen molar-refractivity contribution in [3.63, 3.8) is 0 Å². The molecule has 8 heteroatoms. The third-order valence-corrected chi connectivity index (χ3v) is 8.92. The van der Waals surface area contributed by atoms with Gasteiger partial charge in [0.1, 0.15) is 11.8 Å². The predicted molar refractivity (Wildman–Crippen MR) is 174 cm³/mol. The number of benzene rings is 3. The van der Waals surface area contributed by atoms with Gasteiger partial charge in [-0.05, 0) is 74.7 Å². The second kappa shape index (κ2) is 12.0. The molecule has 5 aromatic rings. The zero-order chi connectivity index (χ0) is 31.0. The Morgan fingerprint density at radius 3 is 2.34 bits per heavy atom. The Morgan fingerprint density at radius 2 is 1.64 bits per heavy atom. The number of nitrogens with zero attached hydrogens (tertiary/aromatic N) is 3. The summed E-state index contributed by atoms with van der Waals surface area (Å²) in [5, 5.41) is 0. The second-order valence-corrected chi connectivity index (χ2v) is 11.6. The summed E-state index contributed by atoms with van der Waals surface area (Å²) in [4.78, 5) is 32.6. The summed E-state index contributed by atoms with van der Waals surface area (Å²) in [6.07, 6.45) is 1.92. The molecule has 0 spiro atoms. The van der Waals surface area contributed by atoms with Crippen molar-refractivity contribution >= 4 is 23.4 Å². The summed E-state index contributed by atoms with van der Waals surface area (Å²) in [6.45, 7) is 7.87. The summed E-state index contributed by atoms with van der Waals surface area (Å²) in [5.41, 5.74) is 7.70. The second-order valence-electron chi connectivity index (χ2n) is 10.6. The fourth-order valence-electron chi connectivity index (χ4n) is 5.88. The van der Waals surface area contributed by atoms with E-state index in [1.165, 1.54) is 16.9 Å². The SMILES string of the molecule is CCOC(=O)C1=C(C)N=c2s/c(=C/c3cc(C)n(-c4ccc(-c5ccccc5)cc4)c3C)c(=O)n2[C@@H]1c1ccccc1OC. The summed E-state index contributed by atoms with van der Waals surface area (Å²) >= 11 is 1.31. The molecule has 6 rings (SSSR count). The minimum atomic E-state index is -0.737. The van der Waals surface area contributed by atoms with Gasteiger partial charge in [0.25, 0.3) is 5.56 Å². The standard InChI is InChI=1S/C36H33N3O4S/c1-6-43-35(41)32-23(3)37-36-39(33(32)29-14-10-11-15-30(29)42-5)34(40)31(44-36)21-27-20-22(2)38(24(27)4)28-18-16-26(17-19-28)25-12-8-7-9-13-25/h7-21,33H,6H2,1-5H3/b31-21+/t33-/m1/s1. The van der Waals surface area contributed by atoms with E-state index < -0.39 is 12.0 Å². The molecule has 0 amide bonds. The van der Waals surface area contributed by atoms with Gasteiger partial charge in [0.2, 0.25) is 0 Å². The number of thiazole rings is 1. The fraction of sp³-hybridized carbons (Fsp3) is 0.194. The lowest BCUT2D eigenvalue weighted by Crippen LogP contribution is -2.40. The van der Waals surface area contributed by atoms with Crippen molar-refractivity contribution in [2.24, 2.45) is 4.99 Å². The Hall–Kier alpha value is -4.95. The third-order valence-electron chi connectivity index (χ3n) is 7.94. The van der Waals surface area contributed by atoms with Gasteiger partial charge in [-0.3, -0.25) is 9.36 Å². The molecule has 0 saturated heterocycles. The Balaban J connectivity index is 1.46. The van der Waals surface area contributed by atoms with E-state index in [1.807, 2.05) is 48.5 Å². The van der Waals surface area contributed by atoms with E-state index in [1.54, 1.807) is 25.5 Å². The van der Waals surface area contributed by atoms with Crippen LogP contribution in [0, 0.1) is 13.8 Å². The van der Waals surface area contributed by atoms with Crippen LogP contribution >= 0.6 is 11.3 Å². The molecule has 1 aliphatic rings. The number of para-hydroxylation sites is 1. The Labute approximate surface area is 259 Å². The van der Waals surface area contributed by atoms with Crippen molar-refractivity contribution in [1.29, 1.82) is 0 Å². The predicted octanol–water partition coefficient (Wildman–Crippen LogP) is 5.88. The highest BCUT2D eigenvalue weighted by Gasteiger charge is 2.35. The lowest BCUT2D eigenvalue weighted by atomic mass is 9.95. The summed E-state index contributed by atoms with van der Waals surface area (Å²) in [6, 6.07) is 27.6.